The van der Waals surface area contributed by atoms with Gasteiger partial charge in [0.15, 0.2) is 0 Å². The average molecular weight is 565 g/mol. The molecule has 2 aromatic heterocycles. The zero-order chi connectivity index (χ0) is 29.6. The molecule has 2 nitrogen and oxygen atoms in total. The van der Waals surface area contributed by atoms with Crippen LogP contribution < -0.4 is 0 Å². The van der Waals surface area contributed by atoms with Gasteiger partial charge in [-0.2, -0.15) is 0 Å². The third kappa shape index (κ3) is 4.44. The maximum absolute atomic E-state index is 2.38. The lowest BCUT2D eigenvalue weighted by molar-refractivity contribution is 1.09. The number of benzene rings is 6. The van der Waals surface area contributed by atoms with Crippen LogP contribution in [0.4, 0.5) is 0 Å². The molecule has 0 fully saturated rings. The quantitative estimate of drug-likeness (QED) is 0.197. The van der Waals surface area contributed by atoms with Crippen molar-refractivity contribution in [3.63, 3.8) is 0 Å². The van der Waals surface area contributed by atoms with Crippen molar-refractivity contribution in [2.75, 3.05) is 0 Å². The first-order chi connectivity index (χ1) is 21.6. The van der Waals surface area contributed by atoms with Gasteiger partial charge < -0.3 is 9.13 Å². The van der Waals surface area contributed by atoms with Crippen LogP contribution in [-0.4, -0.2) is 9.13 Å². The summed E-state index contributed by atoms with van der Waals surface area (Å²) in [5.74, 6) is 0. The summed E-state index contributed by atoms with van der Waals surface area (Å²) in [7, 11) is 0. The Hall–Kier alpha value is -5.60. The van der Waals surface area contributed by atoms with Crippen LogP contribution in [0.3, 0.4) is 0 Å². The molecule has 0 aliphatic carbocycles. The predicted octanol–water partition coefficient (Wildman–Crippen LogP) is 11.2. The zero-order valence-electron chi connectivity index (χ0n) is 24.9. The van der Waals surface area contributed by atoms with Gasteiger partial charge in [0, 0.05) is 22.1 Å². The third-order valence-corrected chi connectivity index (χ3v) is 8.72. The first kappa shape index (κ1) is 26.1. The topological polar surface area (TPSA) is 9.86 Å². The molecular weight excluding hydrogens is 532 g/mol. The van der Waals surface area contributed by atoms with E-state index in [0.717, 1.165) is 11.4 Å². The molecule has 0 aliphatic heterocycles. The van der Waals surface area contributed by atoms with Crippen LogP contribution in [0.1, 0.15) is 11.1 Å². The molecule has 0 unspecified atom stereocenters. The van der Waals surface area contributed by atoms with E-state index in [4.69, 9.17) is 0 Å². The molecule has 8 aromatic rings. The normalized spacial score (nSPS) is 11.4. The van der Waals surface area contributed by atoms with Crippen molar-refractivity contribution in [1.29, 1.82) is 0 Å². The van der Waals surface area contributed by atoms with Gasteiger partial charge in [0.1, 0.15) is 0 Å². The van der Waals surface area contributed by atoms with E-state index in [1.807, 2.05) is 0 Å². The van der Waals surface area contributed by atoms with Crippen molar-refractivity contribution in [1.82, 2.24) is 9.13 Å². The minimum Gasteiger partial charge on any atom is -0.309 e. The molecule has 0 radical (unpaired) electrons. The van der Waals surface area contributed by atoms with Crippen molar-refractivity contribution in [3.8, 4) is 45.0 Å². The second-order valence-corrected chi connectivity index (χ2v) is 11.6. The fourth-order valence-electron chi connectivity index (χ4n) is 6.44. The molecule has 8 rings (SSSR count). The van der Waals surface area contributed by atoms with Gasteiger partial charge in [-0.3, -0.25) is 0 Å². The number of fused-ring (bicyclic) bond motifs is 3. The summed E-state index contributed by atoms with van der Waals surface area (Å²) in [4.78, 5) is 0. The van der Waals surface area contributed by atoms with Crippen LogP contribution in [0.2, 0.25) is 0 Å². The largest absolute Gasteiger partial charge is 0.309 e. The minimum absolute atomic E-state index is 1.14. The van der Waals surface area contributed by atoms with Crippen LogP contribution >= 0.6 is 0 Å². The number of rotatable bonds is 5. The highest BCUT2D eigenvalue weighted by Crippen LogP contribution is 2.35. The Morgan fingerprint density at radius 2 is 0.841 bits per heavy atom. The van der Waals surface area contributed by atoms with E-state index in [-0.39, 0.29) is 0 Å². The SMILES string of the molecule is Cc1ccc(-c2ccc(-c3ccc(C)cc3)n2-c2ccc(-c3cccc(-n4c5ccccc5c5ccccc54)c3)cc2)cc1. The standard InChI is InChI=1S/C42H32N2/c1-29-14-18-32(19-15-29)39-26-27-40(33-20-16-30(2)17-21-33)43(39)35-24-22-31(23-25-35)34-8-7-9-36(28-34)44-41-12-5-3-10-37(41)38-11-4-6-13-42(38)44/h3-28H,1-2H3. The van der Waals surface area contributed by atoms with E-state index in [1.54, 1.807) is 0 Å². The van der Waals surface area contributed by atoms with E-state index >= 15 is 0 Å². The highest BCUT2D eigenvalue weighted by atomic mass is 15.0. The smallest absolute Gasteiger partial charge is 0.0541 e. The summed E-state index contributed by atoms with van der Waals surface area (Å²) in [6, 6.07) is 57.3. The fourth-order valence-corrected chi connectivity index (χ4v) is 6.44. The van der Waals surface area contributed by atoms with E-state index < -0.39 is 0 Å². The molecule has 210 valence electrons. The number of hydrogen-bond acceptors (Lipinski definition) is 0. The summed E-state index contributed by atoms with van der Waals surface area (Å²) in [6.45, 7) is 4.27. The maximum Gasteiger partial charge on any atom is 0.0541 e. The van der Waals surface area contributed by atoms with Crippen molar-refractivity contribution in [2.45, 2.75) is 13.8 Å². The molecule has 44 heavy (non-hydrogen) atoms. The molecule has 0 amide bonds. The van der Waals surface area contributed by atoms with Crippen molar-refractivity contribution >= 4 is 21.8 Å². The predicted molar refractivity (Wildman–Crippen MR) is 186 cm³/mol. The van der Waals surface area contributed by atoms with Crippen LogP contribution in [0.5, 0.6) is 0 Å². The van der Waals surface area contributed by atoms with Gasteiger partial charge in [0.05, 0.1) is 22.4 Å². The summed E-state index contributed by atoms with van der Waals surface area (Å²) < 4.78 is 4.76. The number of nitrogens with zero attached hydrogens (tertiary/aromatic N) is 2. The molecule has 2 heteroatoms. The van der Waals surface area contributed by atoms with Gasteiger partial charge in [-0.05, 0) is 84.6 Å². The van der Waals surface area contributed by atoms with Gasteiger partial charge in [0.25, 0.3) is 0 Å². The highest BCUT2D eigenvalue weighted by Gasteiger charge is 2.15. The van der Waals surface area contributed by atoms with Gasteiger partial charge in [-0.25, -0.2) is 0 Å². The minimum atomic E-state index is 1.14. The lowest BCUT2D eigenvalue weighted by Gasteiger charge is -2.16. The van der Waals surface area contributed by atoms with Crippen LogP contribution in [0, 0.1) is 13.8 Å². The molecule has 0 saturated carbocycles. The van der Waals surface area contributed by atoms with E-state index in [0.29, 0.717) is 0 Å². The van der Waals surface area contributed by atoms with Crippen molar-refractivity contribution < 1.29 is 0 Å². The molecule has 0 N–H and O–H groups in total. The molecular formula is C42H32N2. The van der Waals surface area contributed by atoms with Crippen LogP contribution in [-0.2, 0) is 0 Å². The summed E-state index contributed by atoms with van der Waals surface area (Å²) in [5.41, 5.74) is 14.4. The highest BCUT2D eigenvalue weighted by molar-refractivity contribution is 6.09. The van der Waals surface area contributed by atoms with Crippen molar-refractivity contribution in [2.24, 2.45) is 0 Å². The lowest BCUT2D eigenvalue weighted by Crippen LogP contribution is -1.99. The fraction of sp³-hybridized carbons (Fsp3) is 0.0476. The molecule has 0 spiro atoms. The van der Waals surface area contributed by atoms with Gasteiger partial charge in [-0.15, -0.1) is 0 Å². The number of para-hydroxylation sites is 2. The second kappa shape index (κ2) is 10.6. The first-order valence-electron chi connectivity index (χ1n) is 15.2. The van der Waals surface area contributed by atoms with Gasteiger partial charge in [0.2, 0.25) is 0 Å². The Morgan fingerprint density at radius 3 is 1.39 bits per heavy atom. The lowest BCUT2D eigenvalue weighted by atomic mass is 10.0. The number of aryl methyl sites for hydroxylation is 2. The van der Waals surface area contributed by atoms with E-state index in [2.05, 4.69) is 181 Å². The Bertz CT molecular complexity index is 2150. The molecule has 0 saturated heterocycles. The molecule has 6 aromatic carbocycles. The van der Waals surface area contributed by atoms with Crippen molar-refractivity contribution in [3.05, 3.63) is 169 Å². The Labute approximate surface area is 258 Å². The number of aromatic nitrogens is 2. The Morgan fingerprint density at radius 1 is 0.341 bits per heavy atom. The average Bonchev–Trinajstić information content (AvgIpc) is 3.66. The second-order valence-electron chi connectivity index (χ2n) is 11.6. The zero-order valence-corrected chi connectivity index (χ0v) is 24.9. The van der Waals surface area contributed by atoms with Gasteiger partial charge >= 0.3 is 0 Å². The van der Waals surface area contributed by atoms with Crippen LogP contribution in [0.15, 0.2) is 158 Å². The molecule has 2 heterocycles. The first-order valence-corrected chi connectivity index (χ1v) is 15.2. The molecule has 0 atom stereocenters. The third-order valence-electron chi connectivity index (χ3n) is 8.72. The molecule has 0 aliphatic rings. The van der Waals surface area contributed by atoms with Gasteiger partial charge in [-0.1, -0.05) is 120 Å². The van der Waals surface area contributed by atoms with E-state index in [1.165, 1.54) is 66.6 Å². The summed E-state index contributed by atoms with van der Waals surface area (Å²) in [6.07, 6.45) is 0. The molecule has 0 bridgehead atoms. The Kier molecular flexibility index (Phi) is 6.27. The summed E-state index contributed by atoms with van der Waals surface area (Å²) in [5, 5.41) is 2.55. The number of hydrogen-bond donors (Lipinski definition) is 0. The summed E-state index contributed by atoms with van der Waals surface area (Å²) >= 11 is 0. The van der Waals surface area contributed by atoms with E-state index in [9.17, 15) is 0 Å². The Balaban J connectivity index is 1.22. The van der Waals surface area contributed by atoms with Crippen LogP contribution in [0.25, 0.3) is 66.8 Å². The maximum atomic E-state index is 2.38. The monoisotopic (exact) mass is 564 g/mol.